The summed E-state index contributed by atoms with van der Waals surface area (Å²) in [7, 11) is 1.54. The van der Waals surface area contributed by atoms with Gasteiger partial charge in [-0.05, 0) is 60.5 Å². The molecule has 32 heavy (non-hydrogen) atoms. The van der Waals surface area contributed by atoms with Crippen LogP contribution in [0.25, 0.3) is 6.08 Å². The van der Waals surface area contributed by atoms with Gasteiger partial charge in [0, 0.05) is 31.9 Å². The molecular weight excluding hydrogens is 430 g/mol. The molecular formula is C23H25N3O5S. The minimum atomic E-state index is -0.377. The molecule has 0 unspecified atom stereocenters. The van der Waals surface area contributed by atoms with Crippen LogP contribution >= 0.6 is 11.8 Å². The van der Waals surface area contributed by atoms with Gasteiger partial charge in [-0.3, -0.25) is 24.3 Å². The molecule has 0 atom stereocenters. The molecule has 0 radical (unpaired) electrons. The van der Waals surface area contributed by atoms with Crippen molar-refractivity contribution in [2.24, 2.45) is 0 Å². The van der Waals surface area contributed by atoms with Crippen LogP contribution in [0.3, 0.4) is 0 Å². The molecule has 0 saturated carbocycles. The van der Waals surface area contributed by atoms with E-state index in [0.29, 0.717) is 35.9 Å². The molecule has 0 spiro atoms. The van der Waals surface area contributed by atoms with Crippen molar-refractivity contribution in [3.05, 3.63) is 58.8 Å². The predicted octanol–water partition coefficient (Wildman–Crippen LogP) is 3.27. The number of pyridine rings is 1. The molecule has 9 heteroatoms. The largest absolute Gasteiger partial charge is 0.493 e. The molecule has 1 fully saturated rings. The summed E-state index contributed by atoms with van der Waals surface area (Å²) in [5.41, 5.74) is 1.70. The Morgan fingerprint density at radius 2 is 2.09 bits per heavy atom. The summed E-state index contributed by atoms with van der Waals surface area (Å²) in [6, 6.07) is 9.04. The number of carbonyl (C=O) groups is 3. The lowest BCUT2D eigenvalue weighted by Gasteiger charge is -2.13. The quantitative estimate of drug-likeness (QED) is 0.549. The molecule has 1 aromatic heterocycles. The number of imide groups is 1. The van der Waals surface area contributed by atoms with Crippen molar-refractivity contribution in [2.75, 3.05) is 26.8 Å². The molecule has 3 rings (SSSR count). The van der Waals surface area contributed by atoms with Gasteiger partial charge >= 0.3 is 0 Å². The fourth-order valence-corrected chi connectivity index (χ4v) is 3.96. The molecule has 0 bridgehead atoms. The van der Waals surface area contributed by atoms with Crippen molar-refractivity contribution in [2.45, 2.75) is 19.8 Å². The Bertz CT molecular complexity index is 1010. The highest BCUT2D eigenvalue weighted by Crippen LogP contribution is 2.34. The number of ether oxygens (including phenoxy) is 2. The summed E-state index contributed by atoms with van der Waals surface area (Å²) in [5.74, 6) is 0.642. The van der Waals surface area contributed by atoms with Gasteiger partial charge in [0.1, 0.15) is 0 Å². The molecule has 1 saturated heterocycles. The smallest absolute Gasteiger partial charge is 0.293 e. The van der Waals surface area contributed by atoms with E-state index in [-0.39, 0.29) is 30.1 Å². The first-order valence-electron chi connectivity index (χ1n) is 10.2. The molecule has 1 N–H and O–H groups in total. The molecule has 8 nitrogen and oxygen atoms in total. The van der Waals surface area contributed by atoms with E-state index >= 15 is 0 Å². The number of hydrogen-bond acceptors (Lipinski definition) is 7. The van der Waals surface area contributed by atoms with E-state index in [2.05, 4.69) is 10.3 Å². The average molecular weight is 456 g/mol. The maximum Gasteiger partial charge on any atom is 0.293 e. The number of thioether (sulfide) groups is 1. The van der Waals surface area contributed by atoms with E-state index in [1.807, 2.05) is 19.1 Å². The van der Waals surface area contributed by atoms with E-state index < -0.39 is 0 Å². The van der Waals surface area contributed by atoms with Gasteiger partial charge in [0.15, 0.2) is 11.5 Å². The highest BCUT2D eigenvalue weighted by molar-refractivity contribution is 8.18. The Kier molecular flexibility index (Phi) is 8.27. The predicted molar refractivity (Wildman–Crippen MR) is 122 cm³/mol. The van der Waals surface area contributed by atoms with Crippen molar-refractivity contribution in [1.82, 2.24) is 15.2 Å². The Balaban J connectivity index is 1.53. The third kappa shape index (κ3) is 6.10. The molecule has 168 valence electrons. The summed E-state index contributed by atoms with van der Waals surface area (Å²) in [6.07, 6.45) is 5.94. The fraction of sp³-hybridized carbons (Fsp3) is 0.304. The zero-order valence-corrected chi connectivity index (χ0v) is 18.8. The number of nitrogens with one attached hydrogen (secondary N) is 1. The maximum absolute atomic E-state index is 12.7. The maximum atomic E-state index is 12.7. The number of rotatable bonds is 10. The summed E-state index contributed by atoms with van der Waals surface area (Å²) in [6.45, 7) is 2.71. The van der Waals surface area contributed by atoms with E-state index in [4.69, 9.17) is 9.47 Å². The first-order valence-corrected chi connectivity index (χ1v) is 11.0. The van der Waals surface area contributed by atoms with Crippen LogP contribution in [0, 0.1) is 0 Å². The molecule has 0 aliphatic carbocycles. The Morgan fingerprint density at radius 1 is 1.25 bits per heavy atom. The van der Waals surface area contributed by atoms with Crippen molar-refractivity contribution >= 4 is 34.9 Å². The zero-order valence-electron chi connectivity index (χ0n) is 18.0. The van der Waals surface area contributed by atoms with Crippen LogP contribution < -0.4 is 14.8 Å². The molecule has 1 aliphatic heterocycles. The van der Waals surface area contributed by atoms with Gasteiger partial charge in [0.2, 0.25) is 5.91 Å². The number of aromatic nitrogens is 1. The van der Waals surface area contributed by atoms with Gasteiger partial charge in [0.25, 0.3) is 11.1 Å². The second-order valence-electron chi connectivity index (χ2n) is 6.89. The van der Waals surface area contributed by atoms with Crippen molar-refractivity contribution in [3.8, 4) is 11.5 Å². The summed E-state index contributed by atoms with van der Waals surface area (Å²) in [5, 5.41) is 2.40. The average Bonchev–Trinajstić information content (AvgIpc) is 3.06. The first-order chi connectivity index (χ1) is 15.5. The number of nitrogens with zero attached hydrogens (tertiary/aromatic N) is 2. The van der Waals surface area contributed by atoms with Gasteiger partial charge in [-0.25, -0.2) is 0 Å². The number of hydrogen-bond donors (Lipinski definition) is 1. The van der Waals surface area contributed by atoms with Crippen molar-refractivity contribution in [1.29, 1.82) is 0 Å². The molecule has 3 amide bonds. The summed E-state index contributed by atoms with van der Waals surface area (Å²) < 4.78 is 10.8. The topological polar surface area (TPSA) is 97.8 Å². The third-order valence-corrected chi connectivity index (χ3v) is 5.59. The third-order valence-electron chi connectivity index (χ3n) is 4.68. The highest BCUT2D eigenvalue weighted by Gasteiger charge is 2.34. The van der Waals surface area contributed by atoms with E-state index in [1.165, 1.54) is 0 Å². The Labute approximate surface area is 191 Å². The lowest BCUT2D eigenvalue weighted by Crippen LogP contribution is -2.37. The van der Waals surface area contributed by atoms with Crippen molar-refractivity contribution < 1.29 is 23.9 Å². The molecule has 1 aliphatic rings. The number of aryl methyl sites for hydroxylation is 1. The lowest BCUT2D eigenvalue weighted by atomic mass is 10.1. The molecule has 1 aromatic carbocycles. The van der Waals surface area contributed by atoms with Crippen LogP contribution in [0.15, 0.2) is 47.6 Å². The molecule has 2 aromatic rings. The van der Waals surface area contributed by atoms with Gasteiger partial charge < -0.3 is 14.8 Å². The zero-order chi connectivity index (χ0) is 22.9. The van der Waals surface area contributed by atoms with Gasteiger partial charge in [-0.2, -0.15) is 0 Å². The molecule has 2 heterocycles. The van der Waals surface area contributed by atoms with Crippen LogP contribution in [0.1, 0.15) is 24.5 Å². The van der Waals surface area contributed by atoms with Gasteiger partial charge in [-0.15, -0.1) is 0 Å². The van der Waals surface area contributed by atoms with E-state index in [0.717, 1.165) is 27.8 Å². The lowest BCUT2D eigenvalue weighted by molar-refractivity contribution is -0.124. The van der Waals surface area contributed by atoms with E-state index in [1.54, 1.807) is 43.8 Å². The normalized spacial score (nSPS) is 14.7. The fourth-order valence-electron chi connectivity index (χ4n) is 3.09. The number of carbonyl (C=O) groups excluding carboxylic acids is 3. The second kappa shape index (κ2) is 11.3. The number of benzene rings is 1. The van der Waals surface area contributed by atoms with Crippen LogP contribution in [0.2, 0.25) is 0 Å². The van der Waals surface area contributed by atoms with Crippen molar-refractivity contribution in [3.63, 3.8) is 0 Å². The Morgan fingerprint density at radius 3 is 2.81 bits per heavy atom. The minimum absolute atomic E-state index is 0.118. The van der Waals surface area contributed by atoms with E-state index in [9.17, 15) is 14.4 Å². The minimum Gasteiger partial charge on any atom is -0.493 e. The van der Waals surface area contributed by atoms with Crippen LogP contribution in [0.5, 0.6) is 11.5 Å². The number of methoxy groups -OCH3 is 1. The number of amides is 3. The van der Waals surface area contributed by atoms with Gasteiger partial charge in [-0.1, -0.05) is 12.1 Å². The summed E-state index contributed by atoms with van der Waals surface area (Å²) in [4.78, 5) is 42.5. The monoisotopic (exact) mass is 455 g/mol. The van der Waals surface area contributed by atoms with Crippen LogP contribution in [-0.4, -0.2) is 53.7 Å². The van der Waals surface area contributed by atoms with Gasteiger partial charge in [0.05, 0.1) is 18.6 Å². The SMILES string of the molecule is CCOc1ccc(/C=C2\SC(=O)N(CCNC(=O)CCc3cccnc3)C2=O)cc1OC. The Hall–Kier alpha value is -3.33. The first kappa shape index (κ1) is 23.3. The van der Waals surface area contributed by atoms with Crippen LogP contribution in [-0.2, 0) is 16.0 Å². The standard InChI is InChI=1S/C23H25N3O5S/c1-3-31-18-8-6-17(13-19(18)30-2)14-20-22(28)26(23(29)32-20)12-11-25-21(27)9-7-16-5-4-10-24-15-16/h4-6,8,10,13-15H,3,7,9,11-12H2,1-2H3,(H,25,27)/b20-14-. The van der Waals surface area contributed by atoms with Crippen LogP contribution in [0.4, 0.5) is 4.79 Å². The second-order valence-corrected chi connectivity index (χ2v) is 7.88. The highest BCUT2D eigenvalue weighted by atomic mass is 32.2. The summed E-state index contributed by atoms with van der Waals surface area (Å²) >= 11 is 0.878.